The Labute approximate surface area is 177 Å². The van der Waals surface area contributed by atoms with Crippen molar-refractivity contribution in [3.63, 3.8) is 0 Å². The molecule has 0 aliphatic carbocycles. The first-order chi connectivity index (χ1) is 13.9. The Balaban J connectivity index is 1.52. The number of benzene rings is 1. The molecule has 0 saturated heterocycles. The maximum Gasteiger partial charge on any atom is 0.253 e. The summed E-state index contributed by atoms with van der Waals surface area (Å²) in [5.41, 5.74) is 3.40. The molecule has 3 aromatic rings. The zero-order valence-corrected chi connectivity index (χ0v) is 17.8. The molecule has 1 atom stereocenters. The van der Waals surface area contributed by atoms with Gasteiger partial charge in [0.25, 0.3) is 5.91 Å². The minimum Gasteiger partial charge on any atom is -0.460 e. The number of aryl methyl sites for hydroxylation is 1. The summed E-state index contributed by atoms with van der Waals surface area (Å²) in [7, 11) is 1.86. The number of furan rings is 1. The number of anilines is 1. The third-order valence-corrected chi connectivity index (χ3v) is 5.35. The topological polar surface area (TPSA) is 97.3 Å². The van der Waals surface area contributed by atoms with E-state index in [1.54, 1.807) is 13.0 Å². The van der Waals surface area contributed by atoms with E-state index in [9.17, 15) is 4.79 Å². The lowest BCUT2D eigenvalue weighted by Crippen LogP contribution is -2.27. The van der Waals surface area contributed by atoms with E-state index in [2.05, 4.69) is 26.0 Å². The first-order valence-corrected chi connectivity index (χ1v) is 10.1. The Morgan fingerprint density at radius 3 is 2.93 bits per heavy atom. The second-order valence-corrected chi connectivity index (χ2v) is 8.01. The predicted molar refractivity (Wildman–Crippen MR) is 114 cm³/mol. The van der Waals surface area contributed by atoms with Crippen LogP contribution in [0.1, 0.15) is 24.3 Å². The third kappa shape index (κ3) is 5.85. The van der Waals surface area contributed by atoms with Gasteiger partial charge in [0, 0.05) is 17.8 Å². The second kappa shape index (κ2) is 9.62. The van der Waals surface area contributed by atoms with E-state index in [-0.39, 0.29) is 5.91 Å². The zero-order valence-electron chi connectivity index (χ0n) is 16.2. The monoisotopic (exact) mass is 432 g/mol. The number of rotatable bonds is 8. The van der Waals surface area contributed by atoms with Crippen molar-refractivity contribution in [2.24, 2.45) is 12.1 Å². The van der Waals surface area contributed by atoms with Crippen LogP contribution in [0.25, 0.3) is 0 Å². The van der Waals surface area contributed by atoms with Crippen molar-refractivity contribution in [3.05, 3.63) is 58.8 Å². The highest BCUT2D eigenvalue weighted by molar-refractivity contribution is 8.00. The molecule has 0 aliphatic rings. The molecule has 10 heteroatoms. The van der Waals surface area contributed by atoms with Gasteiger partial charge in [-0.3, -0.25) is 4.79 Å². The Morgan fingerprint density at radius 1 is 1.38 bits per heavy atom. The van der Waals surface area contributed by atoms with Crippen molar-refractivity contribution in [1.29, 1.82) is 0 Å². The number of thioether (sulfide) groups is 1. The largest absolute Gasteiger partial charge is 0.460 e. The first kappa shape index (κ1) is 20.9. The van der Waals surface area contributed by atoms with Crippen LogP contribution in [0.5, 0.6) is 0 Å². The molecule has 2 heterocycles. The number of amides is 1. The Morgan fingerprint density at radius 2 is 2.21 bits per heavy atom. The number of hydrazone groups is 1. The SMILES string of the molecule is Cc1ccc(/C=N\NC(=O)[C@H](C)Sc2nnc(CNc3cccc(Cl)c3)n2C)o1. The Kier molecular flexibility index (Phi) is 6.95. The molecule has 2 N–H and O–H groups in total. The number of hydrogen-bond donors (Lipinski definition) is 2. The van der Waals surface area contributed by atoms with Gasteiger partial charge in [-0.1, -0.05) is 29.4 Å². The second-order valence-electron chi connectivity index (χ2n) is 6.26. The van der Waals surface area contributed by atoms with Gasteiger partial charge in [-0.15, -0.1) is 10.2 Å². The summed E-state index contributed by atoms with van der Waals surface area (Å²) >= 11 is 7.30. The number of halogens is 1. The number of nitrogens with zero attached hydrogens (tertiary/aromatic N) is 4. The van der Waals surface area contributed by atoms with Gasteiger partial charge >= 0.3 is 0 Å². The molecule has 0 radical (unpaired) electrons. The van der Waals surface area contributed by atoms with E-state index in [0.29, 0.717) is 22.5 Å². The smallest absolute Gasteiger partial charge is 0.253 e. The fourth-order valence-electron chi connectivity index (χ4n) is 2.37. The standard InChI is InChI=1S/C19H21ClN6O2S/c1-12-7-8-16(28-12)10-22-24-18(27)13(2)29-19-25-23-17(26(19)3)11-21-15-6-4-5-14(20)9-15/h4-10,13,21H,11H2,1-3H3,(H,24,27)/b22-10-/t13-/m0/s1. The molecule has 0 saturated carbocycles. The van der Waals surface area contributed by atoms with Gasteiger partial charge in [-0.2, -0.15) is 5.10 Å². The van der Waals surface area contributed by atoms with Crippen LogP contribution in [0, 0.1) is 6.92 Å². The molecule has 0 spiro atoms. The zero-order chi connectivity index (χ0) is 20.8. The van der Waals surface area contributed by atoms with E-state index in [4.69, 9.17) is 16.0 Å². The highest BCUT2D eigenvalue weighted by Gasteiger charge is 2.18. The minimum absolute atomic E-state index is 0.240. The van der Waals surface area contributed by atoms with Gasteiger partial charge in [-0.05, 0) is 44.2 Å². The average molecular weight is 433 g/mol. The maximum atomic E-state index is 12.2. The fourth-order valence-corrected chi connectivity index (χ4v) is 3.38. The number of carbonyl (C=O) groups excluding carboxylic acids is 1. The summed E-state index contributed by atoms with van der Waals surface area (Å²) in [4.78, 5) is 12.2. The number of hydrogen-bond acceptors (Lipinski definition) is 7. The van der Waals surface area contributed by atoms with Crippen LogP contribution < -0.4 is 10.7 Å². The molecule has 0 bridgehead atoms. The summed E-state index contributed by atoms with van der Waals surface area (Å²) in [6, 6.07) is 11.1. The van der Waals surface area contributed by atoms with Gasteiger partial charge < -0.3 is 14.3 Å². The van der Waals surface area contributed by atoms with Crippen molar-refractivity contribution in [1.82, 2.24) is 20.2 Å². The van der Waals surface area contributed by atoms with Crippen LogP contribution in [0.2, 0.25) is 5.02 Å². The van der Waals surface area contributed by atoms with Gasteiger partial charge in [-0.25, -0.2) is 5.43 Å². The van der Waals surface area contributed by atoms with Crippen LogP contribution in [-0.2, 0) is 18.4 Å². The molecule has 29 heavy (non-hydrogen) atoms. The summed E-state index contributed by atoms with van der Waals surface area (Å²) in [5.74, 6) is 1.86. The fraction of sp³-hybridized carbons (Fsp3) is 0.263. The number of carbonyl (C=O) groups is 1. The molecule has 152 valence electrons. The lowest BCUT2D eigenvalue weighted by atomic mass is 10.3. The predicted octanol–water partition coefficient (Wildman–Crippen LogP) is 3.61. The minimum atomic E-state index is -0.401. The molecule has 8 nitrogen and oxygen atoms in total. The van der Waals surface area contributed by atoms with E-state index in [0.717, 1.165) is 17.3 Å². The van der Waals surface area contributed by atoms with Crippen molar-refractivity contribution >= 4 is 41.2 Å². The highest BCUT2D eigenvalue weighted by atomic mass is 35.5. The molecule has 0 fully saturated rings. The first-order valence-electron chi connectivity index (χ1n) is 8.86. The molecular weight excluding hydrogens is 412 g/mol. The molecule has 0 unspecified atom stereocenters. The molecule has 0 aliphatic heterocycles. The summed E-state index contributed by atoms with van der Waals surface area (Å²) < 4.78 is 7.21. The van der Waals surface area contributed by atoms with Gasteiger partial charge in [0.05, 0.1) is 18.0 Å². The molecule has 1 aromatic carbocycles. The summed E-state index contributed by atoms with van der Waals surface area (Å²) in [5, 5.41) is 16.4. The number of nitrogens with one attached hydrogen (secondary N) is 2. The third-order valence-electron chi connectivity index (χ3n) is 3.98. The lowest BCUT2D eigenvalue weighted by molar-refractivity contribution is -0.120. The van der Waals surface area contributed by atoms with Crippen molar-refractivity contribution in [2.75, 3.05) is 5.32 Å². The maximum absolute atomic E-state index is 12.2. The lowest BCUT2D eigenvalue weighted by Gasteiger charge is -2.10. The Hall–Kier alpha value is -2.78. The van der Waals surface area contributed by atoms with Gasteiger partial charge in [0.15, 0.2) is 11.0 Å². The molecule has 2 aromatic heterocycles. The number of aromatic nitrogens is 3. The average Bonchev–Trinajstić information content (AvgIpc) is 3.26. The van der Waals surface area contributed by atoms with Crippen LogP contribution in [0.4, 0.5) is 5.69 Å². The van der Waals surface area contributed by atoms with Crippen LogP contribution in [0.3, 0.4) is 0 Å². The van der Waals surface area contributed by atoms with E-state index >= 15 is 0 Å². The van der Waals surface area contributed by atoms with Crippen molar-refractivity contribution in [2.45, 2.75) is 30.8 Å². The van der Waals surface area contributed by atoms with Crippen LogP contribution >= 0.6 is 23.4 Å². The molecule has 1 amide bonds. The Bertz CT molecular complexity index is 1020. The van der Waals surface area contributed by atoms with Crippen LogP contribution in [-0.4, -0.2) is 32.1 Å². The van der Waals surface area contributed by atoms with Gasteiger partial charge in [0.1, 0.15) is 11.5 Å². The van der Waals surface area contributed by atoms with Crippen molar-refractivity contribution < 1.29 is 9.21 Å². The normalized spacial score (nSPS) is 12.3. The quantitative estimate of drug-likeness (QED) is 0.320. The van der Waals surface area contributed by atoms with E-state index in [1.165, 1.54) is 18.0 Å². The van der Waals surface area contributed by atoms with E-state index in [1.807, 2.05) is 48.9 Å². The highest BCUT2D eigenvalue weighted by Crippen LogP contribution is 2.22. The molecular formula is C19H21ClN6O2S. The van der Waals surface area contributed by atoms with Crippen LogP contribution in [0.15, 0.2) is 51.1 Å². The van der Waals surface area contributed by atoms with Gasteiger partial charge in [0.2, 0.25) is 0 Å². The molecule has 3 rings (SSSR count). The summed E-state index contributed by atoms with van der Waals surface area (Å²) in [6.07, 6.45) is 1.46. The van der Waals surface area contributed by atoms with E-state index < -0.39 is 5.25 Å². The van der Waals surface area contributed by atoms with Crippen molar-refractivity contribution in [3.8, 4) is 0 Å². The summed E-state index contributed by atoms with van der Waals surface area (Å²) in [6.45, 7) is 4.11.